The predicted octanol–water partition coefficient (Wildman–Crippen LogP) is 4.55. The molecule has 1 N–H and O–H groups in total. The lowest BCUT2D eigenvalue weighted by molar-refractivity contribution is 1.13. The van der Waals surface area contributed by atoms with Crippen molar-refractivity contribution in [2.24, 2.45) is 0 Å². The van der Waals surface area contributed by atoms with Gasteiger partial charge in [-0.25, -0.2) is 4.98 Å². The van der Waals surface area contributed by atoms with Crippen molar-refractivity contribution in [2.75, 3.05) is 5.32 Å². The number of anilines is 1. The molecule has 0 aliphatic heterocycles. The number of fused-ring (bicyclic) bond motifs is 1. The third-order valence-corrected chi connectivity index (χ3v) is 3.88. The van der Waals surface area contributed by atoms with E-state index in [2.05, 4.69) is 21.4 Å². The van der Waals surface area contributed by atoms with Crippen LogP contribution in [-0.4, -0.2) is 9.97 Å². The molecular formula is C15H11Cl2N3. The van der Waals surface area contributed by atoms with Crippen molar-refractivity contribution in [2.45, 2.75) is 6.54 Å². The molecule has 5 heteroatoms. The first kappa shape index (κ1) is 13.2. The lowest BCUT2D eigenvalue weighted by Gasteiger charge is -2.10. The third kappa shape index (κ3) is 2.55. The summed E-state index contributed by atoms with van der Waals surface area (Å²) in [5.74, 6) is 0. The molecule has 20 heavy (non-hydrogen) atoms. The van der Waals surface area contributed by atoms with Crippen molar-refractivity contribution in [3.8, 4) is 0 Å². The molecule has 0 radical (unpaired) electrons. The van der Waals surface area contributed by atoms with E-state index in [1.165, 1.54) is 0 Å². The van der Waals surface area contributed by atoms with Crippen LogP contribution in [0.25, 0.3) is 10.8 Å². The number of hydrogen-bond donors (Lipinski definition) is 1. The number of halogens is 2. The highest BCUT2D eigenvalue weighted by atomic mass is 35.5. The summed E-state index contributed by atoms with van der Waals surface area (Å²) in [6.45, 7) is 0.578. The van der Waals surface area contributed by atoms with E-state index in [9.17, 15) is 0 Å². The van der Waals surface area contributed by atoms with Crippen LogP contribution in [0.4, 0.5) is 5.69 Å². The summed E-state index contributed by atoms with van der Waals surface area (Å²) in [5.41, 5.74) is 1.92. The minimum Gasteiger partial charge on any atom is -0.380 e. The van der Waals surface area contributed by atoms with E-state index >= 15 is 0 Å². The number of benzene rings is 1. The number of nitrogens with zero attached hydrogens (tertiary/aromatic N) is 2. The summed E-state index contributed by atoms with van der Waals surface area (Å²) in [7, 11) is 0. The average molecular weight is 304 g/mol. The Hall–Kier alpha value is -1.84. The summed E-state index contributed by atoms with van der Waals surface area (Å²) in [4.78, 5) is 8.10. The molecule has 0 atom stereocenters. The van der Waals surface area contributed by atoms with Gasteiger partial charge in [0.15, 0.2) is 0 Å². The van der Waals surface area contributed by atoms with Crippen molar-refractivity contribution in [1.29, 1.82) is 0 Å². The molecule has 0 unspecified atom stereocenters. The molecule has 0 spiro atoms. The number of rotatable bonds is 3. The Morgan fingerprint density at radius 2 is 1.95 bits per heavy atom. The Kier molecular flexibility index (Phi) is 3.72. The number of aromatic nitrogens is 2. The Labute approximate surface area is 126 Å². The van der Waals surface area contributed by atoms with E-state index in [-0.39, 0.29) is 0 Å². The van der Waals surface area contributed by atoms with E-state index < -0.39 is 0 Å². The number of nitrogens with one attached hydrogen (secondary N) is 1. The maximum Gasteiger partial charge on any atom is 0.147 e. The van der Waals surface area contributed by atoms with Gasteiger partial charge in [0.2, 0.25) is 0 Å². The molecular weight excluding hydrogens is 293 g/mol. The molecule has 1 aromatic carbocycles. The van der Waals surface area contributed by atoms with Crippen molar-refractivity contribution < 1.29 is 0 Å². The molecule has 0 saturated carbocycles. The summed E-state index contributed by atoms with van der Waals surface area (Å²) in [5, 5.41) is 6.39. The summed E-state index contributed by atoms with van der Waals surface area (Å²) < 4.78 is 0. The van der Waals surface area contributed by atoms with Crippen molar-refractivity contribution in [1.82, 2.24) is 9.97 Å². The van der Waals surface area contributed by atoms with Gasteiger partial charge in [0, 0.05) is 36.2 Å². The van der Waals surface area contributed by atoms with Crippen LogP contribution in [0, 0.1) is 0 Å². The van der Waals surface area contributed by atoms with E-state index in [0.29, 0.717) is 16.7 Å². The zero-order valence-electron chi connectivity index (χ0n) is 10.5. The first-order valence-corrected chi connectivity index (χ1v) is 6.87. The second-order valence-corrected chi connectivity index (χ2v) is 5.07. The normalized spacial score (nSPS) is 10.7. The number of hydrogen-bond acceptors (Lipinski definition) is 3. The lowest BCUT2D eigenvalue weighted by Crippen LogP contribution is -2.01. The average Bonchev–Trinajstić information content (AvgIpc) is 2.49. The standard InChI is InChI=1S/C15H11Cl2N3/c16-14-11(5-7-19-15(14)17)8-20-13-3-1-2-10-4-6-18-9-12(10)13/h1-7,9,20H,8H2. The first-order valence-electron chi connectivity index (χ1n) is 6.11. The SMILES string of the molecule is Clc1nccc(CNc2cccc3ccncc23)c1Cl. The second-order valence-electron chi connectivity index (χ2n) is 4.33. The van der Waals surface area contributed by atoms with Gasteiger partial charge in [-0.1, -0.05) is 35.3 Å². The van der Waals surface area contributed by atoms with Gasteiger partial charge >= 0.3 is 0 Å². The van der Waals surface area contributed by atoms with Gasteiger partial charge < -0.3 is 5.32 Å². The van der Waals surface area contributed by atoms with Gasteiger partial charge in [0.25, 0.3) is 0 Å². The molecule has 0 aliphatic rings. The van der Waals surface area contributed by atoms with Crippen LogP contribution >= 0.6 is 23.2 Å². The maximum absolute atomic E-state index is 6.13. The van der Waals surface area contributed by atoms with Crippen LogP contribution in [0.5, 0.6) is 0 Å². The first-order chi connectivity index (χ1) is 9.75. The lowest BCUT2D eigenvalue weighted by atomic mass is 10.1. The molecule has 100 valence electrons. The van der Waals surface area contributed by atoms with Gasteiger partial charge in [-0.3, -0.25) is 4.98 Å². The van der Waals surface area contributed by atoms with Gasteiger partial charge in [-0.05, 0) is 29.1 Å². The highest BCUT2D eigenvalue weighted by Gasteiger charge is 2.06. The molecule has 2 aromatic heterocycles. The summed E-state index contributed by atoms with van der Waals surface area (Å²) >= 11 is 12.0. The molecule has 0 bridgehead atoms. The topological polar surface area (TPSA) is 37.8 Å². The quantitative estimate of drug-likeness (QED) is 0.721. The maximum atomic E-state index is 6.13. The van der Waals surface area contributed by atoms with E-state index in [4.69, 9.17) is 23.2 Å². The summed E-state index contributed by atoms with van der Waals surface area (Å²) in [6.07, 6.45) is 5.28. The molecule has 0 saturated heterocycles. The summed E-state index contributed by atoms with van der Waals surface area (Å²) in [6, 6.07) is 9.91. The molecule has 0 amide bonds. The Morgan fingerprint density at radius 1 is 1.05 bits per heavy atom. The van der Waals surface area contributed by atoms with Crippen molar-refractivity contribution >= 4 is 39.7 Å². The smallest absolute Gasteiger partial charge is 0.147 e. The van der Waals surface area contributed by atoms with Gasteiger partial charge in [-0.2, -0.15) is 0 Å². The monoisotopic (exact) mass is 303 g/mol. The fraction of sp³-hybridized carbons (Fsp3) is 0.0667. The fourth-order valence-electron chi connectivity index (χ4n) is 2.05. The van der Waals surface area contributed by atoms with Crippen molar-refractivity contribution in [3.05, 3.63) is 64.7 Å². The predicted molar refractivity (Wildman–Crippen MR) is 83.3 cm³/mol. The fourth-order valence-corrected chi connectivity index (χ4v) is 2.41. The van der Waals surface area contributed by atoms with Crippen molar-refractivity contribution in [3.63, 3.8) is 0 Å². The highest BCUT2D eigenvalue weighted by Crippen LogP contribution is 2.26. The number of pyridine rings is 2. The van der Waals surface area contributed by atoms with Gasteiger partial charge in [0.05, 0.1) is 5.02 Å². The molecule has 3 aromatic rings. The van der Waals surface area contributed by atoms with Crippen LogP contribution in [0.1, 0.15) is 5.56 Å². The zero-order valence-corrected chi connectivity index (χ0v) is 12.0. The van der Waals surface area contributed by atoms with Crippen LogP contribution in [0.15, 0.2) is 48.9 Å². The minimum atomic E-state index is 0.325. The molecule has 3 nitrogen and oxygen atoms in total. The van der Waals surface area contributed by atoms with Gasteiger partial charge in [0.1, 0.15) is 5.15 Å². The Bertz CT molecular complexity index is 754. The van der Waals surface area contributed by atoms with E-state index in [0.717, 1.165) is 22.0 Å². The third-order valence-electron chi connectivity index (χ3n) is 3.08. The molecule has 0 fully saturated rings. The van der Waals surface area contributed by atoms with E-state index in [1.807, 2.05) is 30.5 Å². The minimum absolute atomic E-state index is 0.325. The highest BCUT2D eigenvalue weighted by molar-refractivity contribution is 6.41. The van der Waals surface area contributed by atoms with Crippen LogP contribution in [0.3, 0.4) is 0 Å². The molecule has 0 aliphatic carbocycles. The van der Waals surface area contributed by atoms with Gasteiger partial charge in [-0.15, -0.1) is 0 Å². The molecule has 3 rings (SSSR count). The Morgan fingerprint density at radius 3 is 2.85 bits per heavy atom. The zero-order chi connectivity index (χ0) is 13.9. The van der Waals surface area contributed by atoms with E-state index in [1.54, 1.807) is 12.4 Å². The van der Waals surface area contributed by atoms with Crippen LogP contribution in [-0.2, 0) is 6.54 Å². The largest absolute Gasteiger partial charge is 0.380 e. The second kappa shape index (κ2) is 5.65. The molecule has 2 heterocycles. The Balaban J connectivity index is 1.89. The van der Waals surface area contributed by atoms with Crippen LogP contribution in [0.2, 0.25) is 10.2 Å². The van der Waals surface area contributed by atoms with Crippen LogP contribution < -0.4 is 5.32 Å².